The number of aryl methyl sites for hydroxylation is 2. The lowest BCUT2D eigenvalue weighted by molar-refractivity contribution is 0.220. The van der Waals surface area contributed by atoms with E-state index >= 15 is 0 Å². The van der Waals surface area contributed by atoms with Crippen LogP contribution in [0.2, 0.25) is 0 Å². The van der Waals surface area contributed by atoms with Crippen molar-refractivity contribution < 1.29 is 5.11 Å². The highest BCUT2D eigenvalue weighted by Gasteiger charge is 2.10. The van der Waals surface area contributed by atoms with Gasteiger partial charge in [-0.05, 0) is 36.6 Å². The van der Waals surface area contributed by atoms with Gasteiger partial charge in [0.15, 0.2) is 0 Å². The number of hydrogen-bond donors (Lipinski definition) is 1. The first-order valence-corrected chi connectivity index (χ1v) is 5.33. The molecule has 1 heterocycles. The molecule has 0 aliphatic heterocycles. The molecule has 1 aromatic heterocycles. The van der Waals surface area contributed by atoms with E-state index in [1.807, 2.05) is 30.3 Å². The number of pyridine rings is 1. The van der Waals surface area contributed by atoms with E-state index in [1.54, 1.807) is 12.4 Å². The molecule has 2 heteroatoms. The molecular formula is C14H15NO. The minimum atomic E-state index is -0.590. The third-order valence-corrected chi connectivity index (χ3v) is 2.85. The van der Waals surface area contributed by atoms with Crippen molar-refractivity contribution in [3.63, 3.8) is 0 Å². The molecule has 0 bridgehead atoms. The van der Waals surface area contributed by atoms with Crippen molar-refractivity contribution in [2.24, 2.45) is 0 Å². The third kappa shape index (κ3) is 2.12. The Hall–Kier alpha value is -1.67. The van der Waals surface area contributed by atoms with Crippen LogP contribution in [0.15, 0.2) is 42.7 Å². The van der Waals surface area contributed by atoms with Gasteiger partial charge < -0.3 is 5.11 Å². The molecule has 1 N–H and O–H groups in total. The van der Waals surface area contributed by atoms with E-state index in [0.717, 1.165) is 11.1 Å². The number of aliphatic hydroxyl groups is 1. The maximum atomic E-state index is 10.2. The van der Waals surface area contributed by atoms with E-state index < -0.39 is 6.10 Å². The molecular weight excluding hydrogens is 198 g/mol. The molecule has 0 saturated carbocycles. The average Bonchev–Trinajstić information content (AvgIpc) is 2.33. The van der Waals surface area contributed by atoms with Crippen molar-refractivity contribution >= 4 is 0 Å². The van der Waals surface area contributed by atoms with Gasteiger partial charge in [-0.1, -0.05) is 24.3 Å². The first-order valence-electron chi connectivity index (χ1n) is 5.33. The summed E-state index contributed by atoms with van der Waals surface area (Å²) >= 11 is 0. The molecule has 2 rings (SSSR count). The monoisotopic (exact) mass is 213 g/mol. The smallest absolute Gasteiger partial charge is 0.106 e. The Morgan fingerprint density at radius 2 is 1.88 bits per heavy atom. The Bertz CT molecular complexity index is 479. The summed E-state index contributed by atoms with van der Waals surface area (Å²) in [4.78, 5) is 4.01. The standard InChI is InChI=1S/C14H15NO/c1-10-5-6-12(8-11(10)2)14(16)13-4-3-7-15-9-13/h3-9,14,16H,1-2H3. The second kappa shape index (κ2) is 4.45. The second-order valence-corrected chi connectivity index (χ2v) is 4.03. The first-order chi connectivity index (χ1) is 7.68. The van der Waals surface area contributed by atoms with E-state index in [2.05, 4.69) is 18.8 Å². The summed E-state index contributed by atoms with van der Waals surface area (Å²) in [6.45, 7) is 4.12. The van der Waals surface area contributed by atoms with Gasteiger partial charge >= 0.3 is 0 Å². The predicted octanol–water partition coefficient (Wildman–Crippen LogP) is 2.78. The molecule has 0 aliphatic carbocycles. The highest BCUT2D eigenvalue weighted by atomic mass is 16.3. The lowest BCUT2D eigenvalue weighted by Crippen LogP contribution is -2.00. The number of hydrogen-bond acceptors (Lipinski definition) is 2. The molecule has 2 nitrogen and oxygen atoms in total. The largest absolute Gasteiger partial charge is 0.384 e. The van der Waals surface area contributed by atoms with Crippen LogP contribution in [0.5, 0.6) is 0 Å². The van der Waals surface area contributed by atoms with Crippen LogP contribution in [0.25, 0.3) is 0 Å². The zero-order chi connectivity index (χ0) is 11.5. The Morgan fingerprint density at radius 3 is 2.50 bits per heavy atom. The lowest BCUT2D eigenvalue weighted by Gasteiger charge is -2.12. The quantitative estimate of drug-likeness (QED) is 0.832. The molecule has 1 atom stereocenters. The summed E-state index contributed by atoms with van der Waals surface area (Å²) in [6, 6.07) is 9.73. The minimum absolute atomic E-state index is 0.590. The zero-order valence-corrected chi connectivity index (χ0v) is 9.51. The van der Waals surface area contributed by atoms with Gasteiger partial charge in [0.1, 0.15) is 6.10 Å². The molecule has 1 unspecified atom stereocenters. The highest BCUT2D eigenvalue weighted by molar-refractivity contribution is 5.34. The van der Waals surface area contributed by atoms with E-state index in [0.29, 0.717) is 0 Å². The van der Waals surface area contributed by atoms with Crippen molar-refractivity contribution in [2.75, 3.05) is 0 Å². The Balaban J connectivity index is 2.34. The molecule has 0 saturated heterocycles. The number of benzene rings is 1. The van der Waals surface area contributed by atoms with Gasteiger partial charge in [0, 0.05) is 18.0 Å². The van der Waals surface area contributed by atoms with Crippen LogP contribution in [0, 0.1) is 13.8 Å². The van der Waals surface area contributed by atoms with Crippen LogP contribution >= 0.6 is 0 Å². The molecule has 2 aromatic rings. The van der Waals surface area contributed by atoms with E-state index in [4.69, 9.17) is 0 Å². The fourth-order valence-electron chi connectivity index (χ4n) is 1.66. The van der Waals surface area contributed by atoms with Crippen molar-refractivity contribution in [2.45, 2.75) is 20.0 Å². The van der Waals surface area contributed by atoms with Gasteiger partial charge in [0.05, 0.1) is 0 Å². The lowest BCUT2D eigenvalue weighted by atomic mass is 9.99. The van der Waals surface area contributed by atoms with Crippen LogP contribution < -0.4 is 0 Å². The summed E-state index contributed by atoms with van der Waals surface area (Å²) in [5.41, 5.74) is 4.17. The molecule has 0 radical (unpaired) electrons. The van der Waals surface area contributed by atoms with Gasteiger partial charge in [-0.2, -0.15) is 0 Å². The topological polar surface area (TPSA) is 33.1 Å². The zero-order valence-electron chi connectivity index (χ0n) is 9.51. The Kier molecular flexibility index (Phi) is 3.02. The highest BCUT2D eigenvalue weighted by Crippen LogP contribution is 2.22. The molecule has 82 valence electrons. The van der Waals surface area contributed by atoms with Gasteiger partial charge in [-0.3, -0.25) is 4.98 Å². The average molecular weight is 213 g/mol. The van der Waals surface area contributed by atoms with Crippen molar-refractivity contribution in [1.82, 2.24) is 4.98 Å². The number of rotatable bonds is 2. The first kappa shape index (κ1) is 10.8. The molecule has 16 heavy (non-hydrogen) atoms. The van der Waals surface area contributed by atoms with Gasteiger partial charge in [0.25, 0.3) is 0 Å². The molecule has 0 amide bonds. The number of aromatic nitrogens is 1. The van der Waals surface area contributed by atoms with Crippen molar-refractivity contribution in [1.29, 1.82) is 0 Å². The van der Waals surface area contributed by atoms with Gasteiger partial charge in [0.2, 0.25) is 0 Å². The van der Waals surface area contributed by atoms with Crippen molar-refractivity contribution in [3.05, 3.63) is 65.0 Å². The van der Waals surface area contributed by atoms with E-state index in [-0.39, 0.29) is 0 Å². The Morgan fingerprint density at radius 1 is 1.06 bits per heavy atom. The predicted molar refractivity (Wildman–Crippen MR) is 64.2 cm³/mol. The summed E-state index contributed by atoms with van der Waals surface area (Å²) in [5, 5.41) is 10.2. The SMILES string of the molecule is Cc1ccc(C(O)c2cccnc2)cc1C. The third-order valence-electron chi connectivity index (χ3n) is 2.85. The van der Waals surface area contributed by atoms with Crippen LogP contribution in [-0.4, -0.2) is 10.1 Å². The fourth-order valence-corrected chi connectivity index (χ4v) is 1.66. The normalized spacial score (nSPS) is 12.4. The summed E-state index contributed by atoms with van der Waals surface area (Å²) in [6.07, 6.45) is 2.81. The summed E-state index contributed by atoms with van der Waals surface area (Å²) in [5.74, 6) is 0. The molecule has 0 aliphatic rings. The second-order valence-electron chi connectivity index (χ2n) is 4.03. The van der Waals surface area contributed by atoms with E-state index in [9.17, 15) is 5.11 Å². The van der Waals surface area contributed by atoms with E-state index in [1.165, 1.54) is 11.1 Å². The van der Waals surface area contributed by atoms with Gasteiger partial charge in [-0.25, -0.2) is 0 Å². The number of aliphatic hydroxyl groups excluding tert-OH is 1. The van der Waals surface area contributed by atoms with Crippen LogP contribution in [-0.2, 0) is 0 Å². The molecule has 0 spiro atoms. The van der Waals surface area contributed by atoms with Crippen molar-refractivity contribution in [3.8, 4) is 0 Å². The summed E-state index contributed by atoms with van der Waals surface area (Å²) in [7, 11) is 0. The van der Waals surface area contributed by atoms with Crippen LogP contribution in [0.1, 0.15) is 28.4 Å². The minimum Gasteiger partial charge on any atom is -0.384 e. The molecule has 1 aromatic carbocycles. The maximum absolute atomic E-state index is 10.2. The number of nitrogens with zero attached hydrogens (tertiary/aromatic N) is 1. The fraction of sp³-hybridized carbons (Fsp3) is 0.214. The van der Waals surface area contributed by atoms with Gasteiger partial charge in [-0.15, -0.1) is 0 Å². The van der Waals surface area contributed by atoms with Crippen LogP contribution in [0.4, 0.5) is 0 Å². The summed E-state index contributed by atoms with van der Waals surface area (Å²) < 4.78 is 0. The molecule has 0 fully saturated rings. The van der Waals surface area contributed by atoms with Crippen LogP contribution in [0.3, 0.4) is 0 Å². The maximum Gasteiger partial charge on any atom is 0.106 e. The Labute approximate surface area is 95.6 Å².